The average molecular weight is 503 g/mol. The molecule has 0 atom stereocenters. The van der Waals surface area contributed by atoms with Crippen LogP contribution < -0.4 is 10.0 Å². The molecule has 0 spiro atoms. The van der Waals surface area contributed by atoms with Gasteiger partial charge < -0.3 is 0 Å². The van der Waals surface area contributed by atoms with Gasteiger partial charge in [0.1, 0.15) is 10.0 Å². The number of aromatic nitrogens is 2. The number of hydrogen-bond donors (Lipinski definition) is 2. The van der Waals surface area contributed by atoms with Crippen LogP contribution in [0.3, 0.4) is 0 Å². The number of fused-ring (bicyclic) bond motifs is 1. The van der Waals surface area contributed by atoms with Crippen molar-refractivity contribution in [2.24, 2.45) is 5.41 Å². The quantitative estimate of drug-likeness (QED) is 0.379. The number of sulfonamides is 1. The van der Waals surface area contributed by atoms with Crippen molar-refractivity contribution in [2.45, 2.75) is 25.0 Å². The number of carbonyl (C=O) groups is 1. The number of hydrogen-bond acceptors (Lipinski definition) is 6. The smallest absolute Gasteiger partial charge is 0.271 e. The van der Waals surface area contributed by atoms with Crippen molar-refractivity contribution in [2.75, 3.05) is 10.0 Å². The number of carbonyl (C=O) groups excluding carboxylic acids is 1. The summed E-state index contributed by atoms with van der Waals surface area (Å²) in [5, 5.41) is 4.70. The Labute approximate surface area is 198 Å². The Morgan fingerprint density at radius 1 is 1.09 bits per heavy atom. The van der Waals surface area contributed by atoms with E-state index in [1.165, 1.54) is 24.4 Å². The minimum absolute atomic E-state index is 0.00925. The number of nitrogens with one attached hydrogen (secondary N) is 2. The number of thiophene rings is 1. The van der Waals surface area contributed by atoms with Crippen molar-refractivity contribution in [3.05, 3.63) is 65.7 Å². The second-order valence-corrected chi connectivity index (χ2v) is 11.3. The molecule has 34 heavy (non-hydrogen) atoms. The Kier molecular flexibility index (Phi) is 6.09. The maximum absolute atomic E-state index is 15.3. The van der Waals surface area contributed by atoms with Gasteiger partial charge >= 0.3 is 0 Å². The van der Waals surface area contributed by atoms with Gasteiger partial charge in [0, 0.05) is 17.0 Å². The summed E-state index contributed by atoms with van der Waals surface area (Å²) in [7, 11) is -4.01. The van der Waals surface area contributed by atoms with Crippen LogP contribution in [0.15, 0.2) is 58.3 Å². The highest BCUT2D eigenvalue weighted by Gasteiger charge is 2.23. The fourth-order valence-corrected chi connectivity index (χ4v) is 5.10. The molecule has 2 heterocycles. The van der Waals surface area contributed by atoms with Crippen molar-refractivity contribution in [3.63, 3.8) is 0 Å². The molecule has 0 aliphatic carbocycles. The standard InChI is InChI=1S/C23H20F2N4O3S2/c1-23(2,3)21(30)28-22-26-12-14-11-13(6-8-16(14)27-22)19-15(24)7-9-17(20(19)25)29-34(31,32)18-5-4-10-33-18/h4-12,29H,1-3H3,(H,26,27,28,30). The molecular weight excluding hydrogens is 482 g/mol. The molecule has 0 unspecified atom stereocenters. The van der Waals surface area contributed by atoms with E-state index in [2.05, 4.69) is 20.0 Å². The molecule has 0 aliphatic heterocycles. The molecule has 2 aromatic carbocycles. The van der Waals surface area contributed by atoms with Gasteiger partial charge in [-0.2, -0.15) is 0 Å². The highest BCUT2D eigenvalue weighted by molar-refractivity contribution is 7.94. The molecule has 4 rings (SSSR count). The molecule has 7 nitrogen and oxygen atoms in total. The largest absolute Gasteiger partial charge is 0.294 e. The second-order valence-electron chi connectivity index (χ2n) is 8.49. The van der Waals surface area contributed by atoms with E-state index in [1.54, 1.807) is 38.3 Å². The van der Waals surface area contributed by atoms with Gasteiger partial charge in [-0.15, -0.1) is 11.3 Å². The van der Waals surface area contributed by atoms with Gasteiger partial charge in [0.25, 0.3) is 10.0 Å². The first-order valence-corrected chi connectivity index (χ1v) is 12.4. The number of amides is 1. The third-order valence-electron chi connectivity index (χ3n) is 4.87. The minimum atomic E-state index is -4.01. The Morgan fingerprint density at radius 3 is 2.53 bits per heavy atom. The third kappa shape index (κ3) is 4.75. The summed E-state index contributed by atoms with van der Waals surface area (Å²) < 4.78 is 57.1. The molecule has 176 valence electrons. The van der Waals surface area contributed by atoms with Crippen molar-refractivity contribution in [1.82, 2.24) is 9.97 Å². The molecule has 0 saturated carbocycles. The second kappa shape index (κ2) is 8.73. The molecule has 1 amide bonds. The van der Waals surface area contributed by atoms with Gasteiger partial charge in [-0.05, 0) is 41.3 Å². The molecule has 0 radical (unpaired) electrons. The minimum Gasteiger partial charge on any atom is -0.294 e. The lowest BCUT2D eigenvalue weighted by atomic mass is 9.96. The van der Waals surface area contributed by atoms with E-state index in [0.29, 0.717) is 10.9 Å². The zero-order valence-corrected chi connectivity index (χ0v) is 20.0. The van der Waals surface area contributed by atoms with Crippen molar-refractivity contribution < 1.29 is 22.0 Å². The van der Waals surface area contributed by atoms with Gasteiger partial charge in [0.05, 0.1) is 16.8 Å². The Morgan fingerprint density at radius 2 is 1.85 bits per heavy atom. The van der Waals surface area contributed by atoms with Crippen LogP contribution in [0.5, 0.6) is 0 Å². The first kappa shape index (κ1) is 23.7. The van der Waals surface area contributed by atoms with E-state index in [-0.39, 0.29) is 27.3 Å². The van der Waals surface area contributed by atoms with Crippen LogP contribution in [-0.2, 0) is 14.8 Å². The Balaban J connectivity index is 1.69. The summed E-state index contributed by atoms with van der Waals surface area (Å²) in [5.74, 6) is -2.04. The molecule has 2 aromatic heterocycles. The van der Waals surface area contributed by atoms with Crippen molar-refractivity contribution >= 4 is 49.8 Å². The maximum Gasteiger partial charge on any atom is 0.271 e. The van der Waals surface area contributed by atoms with Gasteiger partial charge in [0.2, 0.25) is 11.9 Å². The Hall–Kier alpha value is -3.44. The number of nitrogens with zero attached hydrogens (tertiary/aromatic N) is 2. The highest BCUT2D eigenvalue weighted by atomic mass is 32.2. The summed E-state index contributed by atoms with van der Waals surface area (Å²) in [6.07, 6.45) is 1.43. The topological polar surface area (TPSA) is 101 Å². The molecule has 2 N–H and O–H groups in total. The number of rotatable bonds is 5. The zero-order chi connectivity index (χ0) is 24.7. The van der Waals surface area contributed by atoms with Crippen LogP contribution in [0.1, 0.15) is 20.8 Å². The molecule has 11 heteroatoms. The predicted octanol–water partition coefficient (Wildman–Crippen LogP) is 5.42. The summed E-state index contributed by atoms with van der Waals surface area (Å²) >= 11 is 0.979. The van der Waals surface area contributed by atoms with E-state index < -0.39 is 32.6 Å². The summed E-state index contributed by atoms with van der Waals surface area (Å²) in [6.45, 7) is 5.27. The fraction of sp³-hybridized carbons (Fsp3) is 0.174. The van der Waals surface area contributed by atoms with E-state index in [0.717, 1.165) is 23.5 Å². The van der Waals surface area contributed by atoms with Crippen molar-refractivity contribution in [3.8, 4) is 11.1 Å². The first-order chi connectivity index (χ1) is 16.0. The van der Waals surface area contributed by atoms with Gasteiger partial charge in [-0.3, -0.25) is 14.8 Å². The number of halogens is 2. The monoisotopic (exact) mass is 502 g/mol. The summed E-state index contributed by atoms with van der Waals surface area (Å²) in [4.78, 5) is 20.6. The van der Waals surface area contributed by atoms with Crippen LogP contribution in [0.2, 0.25) is 0 Å². The molecule has 0 bridgehead atoms. The summed E-state index contributed by atoms with van der Waals surface area (Å²) in [5.41, 5.74) is -0.763. The van der Waals surface area contributed by atoms with Crippen LogP contribution in [-0.4, -0.2) is 24.3 Å². The normalized spacial score (nSPS) is 12.0. The first-order valence-electron chi connectivity index (χ1n) is 10.1. The lowest BCUT2D eigenvalue weighted by Gasteiger charge is -2.16. The van der Waals surface area contributed by atoms with E-state index in [4.69, 9.17) is 0 Å². The van der Waals surface area contributed by atoms with E-state index >= 15 is 4.39 Å². The zero-order valence-electron chi connectivity index (χ0n) is 18.4. The third-order valence-corrected chi connectivity index (χ3v) is 7.63. The number of anilines is 2. The lowest BCUT2D eigenvalue weighted by molar-refractivity contribution is -0.123. The average Bonchev–Trinajstić information content (AvgIpc) is 3.31. The van der Waals surface area contributed by atoms with Crippen LogP contribution in [0.25, 0.3) is 22.0 Å². The summed E-state index contributed by atoms with van der Waals surface area (Å²) in [6, 6.07) is 9.47. The lowest BCUT2D eigenvalue weighted by Crippen LogP contribution is -2.28. The molecular formula is C23H20F2N4O3S2. The molecule has 4 aromatic rings. The molecule has 0 aliphatic rings. The van der Waals surface area contributed by atoms with Crippen LogP contribution in [0, 0.1) is 17.0 Å². The predicted molar refractivity (Wildman–Crippen MR) is 128 cm³/mol. The van der Waals surface area contributed by atoms with Crippen LogP contribution >= 0.6 is 11.3 Å². The molecule has 0 saturated heterocycles. The maximum atomic E-state index is 15.3. The molecule has 0 fully saturated rings. The fourth-order valence-electron chi connectivity index (χ4n) is 3.05. The van der Waals surface area contributed by atoms with E-state index in [1.807, 2.05) is 0 Å². The van der Waals surface area contributed by atoms with Gasteiger partial charge in [-0.1, -0.05) is 32.9 Å². The van der Waals surface area contributed by atoms with Gasteiger partial charge in [0.15, 0.2) is 5.82 Å². The SMILES string of the molecule is CC(C)(C)C(=O)Nc1ncc2cc(-c3c(F)ccc(NS(=O)(=O)c4cccs4)c3F)ccc2n1. The Bertz CT molecular complexity index is 1500. The number of benzene rings is 2. The van der Waals surface area contributed by atoms with E-state index in [9.17, 15) is 17.6 Å². The highest BCUT2D eigenvalue weighted by Crippen LogP contribution is 2.33. The van der Waals surface area contributed by atoms with Gasteiger partial charge in [-0.25, -0.2) is 27.2 Å². The van der Waals surface area contributed by atoms with Crippen molar-refractivity contribution in [1.29, 1.82) is 0 Å². The van der Waals surface area contributed by atoms with Crippen LogP contribution in [0.4, 0.5) is 20.4 Å².